The summed E-state index contributed by atoms with van der Waals surface area (Å²) in [5, 5.41) is 3.78. The number of fused-ring (bicyclic) bond motifs is 6. The number of carbonyl (C=O) groups excluding carboxylic acids is 2. The molecule has 8 bridgehead atoms. The van der Waals surface area contributed by atoms with Crippen molar-refractivity contribution in [3.05, 3.63) is 130 Å². The molecule has 0 atom stereocenters. The zero-order valence-corrected chi connectivity index (χ0v) is 24.4. The first-order valence-electron chi connectivity index (χ1n) is 13.4. The van der Waals surface area contributed by atoms with Crippen molar-refractivity contribution in [3.8, 4) is 0 Å². The summed E-state index contributed by atoms with van der Waals surface area (Å²) in [6, 6.07) is 24.2. The van der Waals surface area contributed by atoms with Gasteiger partial charge >= 0.3 is 0 Å². The van der Waals surface area contributed by atoms with Crippen molar-refractivity contribution in [3.63, 3.8) is 0 Å². The quantitative estimate of drug-likeness (QED) is 0.356. The van der Waals surface area contributed by atoms with E-state index in [1.807, 2.05) is 85.0 Å². The summed E-state index contributed by atoms with van der Waals surface area (Å²) >= 11 is 2.45. The van der Waals surface area contributed by atoms with Gasteiger partial charge < -0.3 is 9.97 Å². The van der Waals surface area contributed by atoms with E-state index in [1.54, 1.807) is 13.8 Å². The van der Waals surface area contributed by atoms with Gasteiger partial charge in [0, 0.05) is 45.5 Å². The number of aromatic nitrogens is 2. The summed E-state index contributed by atoms with van der Waals surface area (Å²) in [4.78, 5) is 42.3. The molecular weight excluding hydrogens is 561 g/mol. The smallest absolute Gasteiger partial charge is 0.190 e. The molecule has 0 amide bonds. The van der Waals surface area contributed by atoms with E-state index in [0.717, 1.165) is 76.3 Å². The van der Waals surface area contributed by atoms with Gasteiger partial charge in [-0.05, 0) is 84.0 Å². The van der Waals surface area contributed by atoms with Crippen molar-refractivity contribution in [2.24, 2.45) is 9.98 Å². The van der Waals surface area contributed by atoms with Gasteiger partial charge in [0.25, 0.3) is 0 Å². The Labute approximate surface area is 249 Å². The largest absolute Gasteiger partial charge is 0.353 e. The number of aliphatic imine (C=N–C) groups is 2. The van der Waals surface area contributed by atoms with Crippen LogP contribution < -0.4 is 21.4 Å². The molecule has 42 heavy (non-hydrogen) atoms. The van der Waals surface area contributed by atoms with Crippen molar-refractivity contribution in [2.75, 3.05) is 0 Å². The fraction of sp³-hybridized carbons (Fsp3) is 0.0588. The third kappa shape index (κ3) is 5.00. The summed E-state index contributed by atoms with van der Waals surface area (Å²) < 4.78 is 0. The van der Waals surface area contributed by atoms with Crippen molar-refractivity contribution >= 4 is 67.7 Å². The van der Waals surface area contributed by atoms with Gasteiger partial charge in [0.15, 0.2) is 10.2 Å². The number of nitrogens with zero attached hydrogens (tertiary/aromatic N) is 2. The Morgan fingerprint density at radius 1 is 0.524 bits per heavy atom. The second kappa shape index (κ2) is 10.6. The average Bonchev–Trinajstić information content (AvgIpc) is 3.78. The summed E-state index contributed by atoms with van der Waals surface area (Å²) in [7, 11) is 0. The Hall–Kier alpha value is -4.66. The van der Waals surface area contributed by atoms with Crippen molar-refractivity contribution in [2.45, 2.75) is 23.6 Å². The normalized spacial score (nSPS) is 15.2. The Kier molecular flexibility index (Phi) is 6.64. The number of aromatic amines is 2. The lowest BCUT2D eigenvalue weighted by Crippen LogP contribution is -2.19. The molecule has 0 aliphatic carbocycles. The van der Waals surface area contributed by atoms with Crippen LogP contribution in [-0.4, -0.2) is 31.6 Å². The van der Waals surface area contributed by atoms with Crippen LogP contribution in [0.2, 0.25) is 0 Å². The van der Waals surface area contributed by atoms with Crippen molar-refractivity contribution in [1.82, 2.24) is 9.97 Å². The van der Waals surface area contributed by atoms with Crippen LogP contribution in [0.25, 0.3) is 22.5 Å². The molecule has 0 radical (unpaired) electrons. The van der Waals surface area contributed by atoms with Crippen LogP contribution in [-0.2, 0) is 9.59 Å². The molecule has 2 aromatic heterocycles. The zero-order valence-electron chi connectivity index (χ0n) is 22.8. The number of hydrogen-bond donors (Lipinski definition) is 2. The van der Waals surface area contributed by atoms with Crippen molar-refractivity contribution in [1.29, 1.82) is 0 Å². The van der Waals surface area contributed by atoms with E-state index < -0.39 is 0 Å². The third-order valence-corrected chi connectivity index (χ3v) is 8.65. The van der Waals surface area contributed by atoms with Crippen LogP contribution >= 0.6 is 23.5 Å². The molecule has 7 rings (SSSR count). The number of hydrogen-bond acceptors (Lipinski definition) is 6. The number of allylic oxidation sites excluding steroid dienone is 2. The van der Waals surface area contributed by atoms with Crippen LogP contribution in [0.5, 0.6) is 0 Å². The maximum Gasteiger partial charge on any atom is 0.190 e. The number of rotatable bonds is 4. The monoisotopic (exact) mass is 584 g/mol. The summed E-state index contributed by atoms with van der Waals surface area (Å²) in [6.45, 7) is 3.14. The Morgan fingerprint density at radius 2 is 0.905 bits per heavy atom. The number of H-pyrrole nitrogens is 2. The predicted octanol–water partition coefficient (Wildman–Crippen LogP) is 3.97. The Morgan fingerprint density at radius 3 is 1.29 bits per heavy atom. The van der Waals surface area contributed by atoms with Gasteiger partial charge in [0.2, 0.25) is 0 Å². The van der Waals surface area contributed by atoms with Crippen LogP contribution in [0.3, 0.4) is 0 Å². The first-order valence-corrected chi connectivity index (χ1v) is 15.0. The molecule has 0 unspecified atom stereocenters. The van der Waals surface area contributed by atoms with Gasteiger partial charge in [-0.15, -0.1) is 0 Å². The fourth-order valence-electron chi connectivity index (χ4n) is 5.28. The van der Waals surface area contributed by atoms with E-state index in [2.05, 4.69) is 22.1 Å². The molecule has 2 aromatic carbocycles. The highest BCUT2D eigenvalue weighted by Gasteiger charge is 2.18. The standard InChI is InChI=1S/C34H24N4O2S2/c1-19(39)41-23-7-3-21(4-8-23)33-29-15-11-25(35-29)27-13-17-31(37-27)34(22-5-9-24(10-6-22)42-20(2)40)32-18-14-28(38-32)26-12-16-30(33)36-26/h3-18,35,38H,1-2H3. The Bertz CT molecular complexity index is 2020. The minimum Gasteiger partial charge on any atom is -0.353 e. The summed E-state index contributed by atoms with van der Waals surface area (Å²) in [5.74, 6) is 0. The highest BCUT2D eigenvalue weighted by molar-refractivity contribution is 8.13. The topological polar surface area (TPSA) is 90.4 Å². The SMILES string of the molecule is CC(=O)Sc1ccc(C2=c3ccc([nH]3)=C3C=CC(=N3)C(c3ccc(SC(C)=O)cc3)=c3ccc([nH]3)=C3C=CC2=N3)cc1. The van der Waals surface area contributed by atoms with E-state index in [9.17, 15) is 9.59 Å². The second-order valence-corrected chi connectivity index (χ2v) is 12.5. The molecule has 0 saturated heterocycles. The molecule has 5 heterocycles. The number of nitrogens with one attached hydrogen (secondary N) is 2. The van der Waals surface area contributed by atoms with E-state index in [-0.39, 0.29) is 10.2 Å². The molecular formula is C34H24N4O2S2. The van der Waals surface area contributed by atoms with Crippen LogP contribution in [0, 0.1) is 0 Å². The van der Waals surface area contributed by atoms with E-state index >= 15 is 0 Å². The van der Waals surface area contributed by atoms with E-state index in [4.69, 9.17) is 9.98 Å². The fourth-order valence-corrected chi connectivity index (χ4v) is 6.49. The van der Waals surface area contributed by atoms with Crippen LogP contribution in [0.4, 0.5) is 0 Å². The van der Waals surface area contributed by atoms with Gasteiger partial charge in [0.05, 0.1) is 33.5 Å². The molecule has 6 nitrogen and oxygen atoms in total. The van der Waals surface area contributed by atoms with E-state index in [1.165, 1.54) is 23.5 Å². The van der Waals surface area contributed by atoms with Gasteiger partial charge in [-0.3, -0.25) is 9.59 Å². The Balaban J connectivity index is 1.45. The maximum absolute atomic E-state index is 11.6. The first-order chi connectivity index (χ1) is 20.4. The molecule has 3 aliphatic heterocycles. The summed E-state index contributed by atoms with van der Waals surface area (Å²) in [6.07, 6.45) is 8.14. The molecule has 204 valence electrons. The average molecular weight is 585 g/mol. The first kappa shape index (κ1) is 26.3. The number of carbonyl (C=O) groups is 2. The predicted molar refractivity (Wildman–Crippen MR) is 171 cm³/mol. The minimum atomic E-state index is 0.0565. The third-order valence-electron chi connectivity index (χ3n) is 7.06. The molecule has 3 aliphatic rings. The van der Waals surface area contributed by atoms with Crippen LogP contribution in [0.1, 0.15) is 25.0 Å². The lowest BCUT2D eigenvalue weighted by atomic mass is 10.0. The van der Waals surface area contributed by atoms with E-state index in [0.29, 0.717) is 0 Å². The molecule has 2 N–H and O–H groups in total. The van der Waals surface area contributed by atoms with Gasteiger partial charge in [0.1, 0.15) is 0 Å². The lowest BCUT2D eigenvalue weighted by molar-refractivity contribution is -0.109. The molecule has 0 spiro atoms. The molecule has 4 aromatic rings. The van der Waals surface area contributed by atoms with Gasteiger partial charge in [-0.25, -0.2) is 9.98 Å². The minimum absolute atomic E-state index is 0.0565. The second-order valence-electron chi connectivity index (χ2n) is 9.99. The van der Waals surface area contributed by atoms with Gasteiger partial charge in [-0.2, -0.15) is 0 Å². The van der Waals surface area contributed by atoms with Crippen molar-refractivity contribution < 1.29 is 9.59 Å². The van der Waals surface area contributed by atoms with Crippen LogP contribution in [0.15, 0.2) is 117 Å². The summed E-state index contributed by atoms with van der Waals surface area (Å²) in [5.41, 5.74) is 7.30. The zero-order chi connectivity index (χ0) is 28.8. The molecule has 0 fully saturated rings. The molecule has 0 saturated carbocycles. The number of thioether (sulfide) groups is 2. The van der Waals surface area contributed by atoms with Gasteiger partial charge in [-0.1, -0.05) is 47.8 Å². The maximum atomic E-state index is 11.6. The number of benzene rings is 2. The highest BCUT2D eigenvalue weighted by Crippen LogP contribution is 2.26. The molecule has 8 heteroatoms. The highest BCUT2D eigenvalue weighted by atomic mass is 32.2. The lowest BCUT2D eigenvalue weighted by Gasteiger charge is -2.08.